The lowest BCUT2D eigenvalue weighted by Crippen LogP contribution is -2.26. The van der Waals surface area contributed by atoms with Crippen molar-refractivity contribution in [3.63, 3.8) is 0 Å². The van der Waals surface area contributed by atoms with Crippen LogP contribution in [0.3, 0.4) is 0 Å². The fraction of sp³-hybridized carbons (Fsp3) is 0.148. The molecule has 1 aliphatic carbocycles. The summed E-state index contributed by atoms with van der Waals surface area (Å²) in [6, 6.07) is 31.8. The smallest absolute Gasteiger partial charge is 0.0720 e. The SMILES string of the molecule is C[C@H](OCc1ccccc1)[C]1[CH][CH][CH][C]1C(c1ccccc1)c1ccccc1. The number of hydrogen-bond donors (Lipinski definition) is 0. The Kier molecular flexibility index (Phi) is 6.24. The van der Waals surface area contributed by atoms with Crippen molar-refractivity contribution in [1.29, 1.82) is 0 Å². The van der Waals surface area contributed by atoms with Crippen LogP contribution in [0.25, 0.3) is 0 Å². The highest BCUT2D eigenvalue weighted by Crippen LogP contribution is 2.48. The number of rotatable bonds is 7. The van der Waals surface area contributed by atoms with Gasteiger partial charge in [-0.2, -0.15) is 0 Å². The van der Waals surface area contributed by atoms with Gasteiger partial charge in [0.2, 0.25) is 0 Å². The van der Waals surface area contributed by atoms with E-state index in [1.165, 1.54) is 28.5 Å². The molecule has 0 N–H and O–H groups in total. The van der Waals surface area contributed by atoms with E-state index < -0.39 is 0 Å². The van der Waals surface area contributed by atoms with Crippen molar-refractivity contribution in [2.75, 3.05) is 0 Å². The molecule has 5 radical (unpaired) electrons. The highest BCUT2D eigenvalue weighted by Gasteiger charge is 2.40. The van der Waals surface area contributed by atoms with Gasteiger partial charge in [0.1, 0.15) is 0 Å². The minimum Gasteiger partial charge on any atom is -0.373 e. The third-order valence-electron chi connectivity index (χ3n) is 5.24. The minimum atomic E-state index is 0.0279. The maximum Gasteiger partial charge on any atom is 0.0720 e. The van der Waals surface area contributed by atoms with Crippen LogP contribution in [-0.2, 0) is 11.3 Å². The van der Waals surface area contributed by atoms with Gasteiger partial charge in [0.15, 0.2) is 0 Å². The molecule has 0 unspecified atom stereocenters. The molecule has 3 aromatic carbocycles. The summed E-state index contributed by atoms with van der Waals surface area (Å²) in [4.78, 5) is 0. The topological polar surface area (TPSA) is 9.23 Å². The second kappa shape index (κ2) is 9.21. The maximum absolute atomic E-state index is 6.23. The van der Waals surface area contributed by atoms with Crippen molar-refractivity contribution in [1.82, 2.24) is 0 Å². The number of hydrogen-bond acceptors (Lipinski definition) is 1. The number of benzene rings is 3. The highest BCUT2D eigenvalue weighted by molar-refractivity contribution is 5.55. The van der Waals surface area contributed by atoms with E-state index in [4.69, 9.17) is 4.74 Å². The summed E-state index contributed by atoms with van der Waals surface area (Å²) in [5.74, 6) is 2.78. The van der Waals surface area contributed by atoms with E-state index >= 15 is 0 Å². The van der Waals surface area contributed by atoms with Crippen molar-refractivity contribution in [3.05, 3.63) is 139 Å². The molecule has 4 rings (SSSR count). The van der Waals surface area contributed by atoms with Gasteiger partial charge in [-0.15, -0.1) is 0 Å². The van der Waals surface area contributed by atoms with Crippen molar-refractivity contribution in [2.45, 2.75) is 25.6 Å². The second-order valence-electron chi connectivity index (χ2n) is 7.13. The van der Waals surface area contributed by atoms with Gasteiger partial charge < -0.3 is 4.74 Å². The third kappa shape index (κ3) is 4.36. The van der Waals surface area contributed by atoms with Crippen LogP contribution in [0.5, 0.6) is 0 Å². The van der Waals surface area contributed by atoms with Crippen LogP contribution in [0.2, 0.25) is 0 Å². The van der Waals surface area contributed by atoms with Crippen molar-refractivity contribution < 1.29 is 4.74 Å². The monoisotopic (exact) mass is 365 g/mol. The Morgan fingerprint density at radius 2 is 1.14 bits per heavy atom. The molecule has 1 heteroatoms. The molecule has 1 saturated carbocycles. The van der Waals surface area contributed by atoms with E-state index in [0.717, 1.165) is 0 Å². The van der Waals surface area contributed by atoms with E-state index in [0.29, 0.717) is 6.61 Å². The average Bonchev–Trinajstić information content (AvgIpc) is 3.24. The Morgan fingerprint density at radius 3 is 1.71 bits per heavy atom. The van der Waals surface area contributed by atoms with Gasteiger partial charge in [0, 0.05) is 17.8 Å². The van der Waals surface area contributed by atoms with Crippen LogP contribution >= 0.6 is 0 Å². The second-order valence-corrected chi connectivity index (χ2v) is 7.13. The Hall–Kier alpha value is -2.38. The lowest BCUT2D eigenvalue weighted by atomic mass is 9.74. The molecule has 1 fully saturated rings. The first-order valence-corrected chi connectivity index (χ1v) is 9.84. The summed E-state index contributed by atoms with van der Waals surface area (Å²) >= 11 is 0. The van der Waals surface area contributed by atoms with Crippen LogP contribution in [0, 0.1) is 31.1 Å². The van der Waals surface area contributed by atoms with Crippen LogP contribution in [-0.4, -0.2) is 6.10 Å². The van der Waals surface area contributed by atoms with Crippen molar-refractivity contribution in [2.24, 2.45) is 0 Å². The molecule has 1 nitrogen and oxygen atoms in total. The Morgan fingerprint density at radius 1 is 0.643 bits per heavy atom. The standard InChI is InChI=1S/C27H25O/c1-21(28-20-22-12-5-2-6-13-22)25-18-11-19-26(25)27(23-14-7-3-8-15-23)24-16-9-4-10-17-24/h2-19,21,27H,20H2,1H3/t21-/m0/s1. The fourth-order valence-corrected chi connectivity index (χ4v) is 3.81. The van der Waals surface area contributed by atoms with E-state index in [2.05, 4.69) is 111 Å². The molecular weight excluding hydrogens is 340 g/mol. The zero-order chi connectivity index (χ0) is 19.2. The highest BCUT2D eigenvalue weighted by atomic mass is 16.5. The lowest BCUT2D eigenvalue weighted by molar-refractivity contribution is 0.0651. The lowest BCUT2D eigenvalue weighted by Gasteiger charge is -2.32. The van der Waals surface area contributed by atoms with E-state index in [1.54, 1.807) is 0 Å². The third-order valence-corrected chi connectivity index (χ3v) is 5.24. The zero-order valence-electron chi connectivity index (χ0n) is 16.2. The Labute approximate surface area is 169 Å². The van der Waals surface area contributed by atoms with Crippen LogP contribution in [0.4, 0.5) is 0 Å². The van der Waals surface area contributed by atoms with Gasteiger partial charge in [0.25, 0.3) is 0 Å². The maximum atomic E-state index is 6.23. The molecule has 139 valence electrons. The molecule has 0 spiro atoms. The predicted molar refractivity (Wildman–Crippen MR) is 115 cm³/mol. The van der Waals surface area contributed by atoms with E-state index in [9.17, 15) is 0 Å². The molecule has 0 saturated heterocycles. The van der Waals surface area contributed by atoms with Crippen LogP contribution in [0.1, 0.15) is 29.5 Å². The molecule has 28 heavy (non-hydrogen) atoms. The molecule has 0 aromatic heterocycles. The molecule has 0 amide bonds. The first kappa shape index (κ1) is 19.0. The first-order chi connectivity index (χ1) is 13.8. The van der Waals surface area contributed by atoms with Gasteiger partial charge in [-0.25, -0.2) is 0 Å². The van der Waals surface area contributed by atoms with Crippen molar-refractivity contribution in [3.8, 4) is 0 Å². The van der Waals surface area contributed by atoms with Gasteiger partial charge in [-0.05, 0) is 42.9 Å². The first-order valence-electron chi connectivity index (χ1n) is 9.84. The molecular formula is C27H25O. The largest absolute Gasteiger partial charge is 0.373 e. The normalized spacial score (nSPS) is 16.5. The fourth-order valence-electron chi connectivity index (χ4n) is 3.81. The number of ether oxygens (including phenoxy) is 1. The summed E-state index contributed by atoms with van der Waals surface area (Å²) in [6.07, 6.45) is 6.61. The van der Waals surface area contributed by atoms with Gasteiger partial charge in [-0.1, -0.05) is 91.0 Å². The summed E-state index contributed by atoms with van der Waals surface area (Å²) in [5, 5.41) is 0. The quantitative estimate of drug-likeness (QED) is 0.484. The zero-order valence-corrected chi connectivity index (χ0v) is 16.2. The van der Waals surface area contributed by atoms with Gasteiger partial charge in [0.05, 0.1) is 12.7 Å². The average molecular weight is 365 g/mol. The molecule has 1 atom stereocenters. The molecule has 3 aromatic rings. The van der Waals surface area contributed by atoms with E-state index in [1.807, 2.05) is 6.07 Å². The van der Waals surface area contributed by atoms with Crippen molar-refractivity contribution >= 4 is 0 Å². The van der Waals surface area contributed by atoms with Crippen LogP contribution < -0.4 is 0 Å². The molecule has 0 bridgehead atoms. The van der Waals surface area contributed by atoms with Crippen LogP contribution in [0.15, 0.2) is 91.0 Å². The molecule has 0 heterocycles. The molecule has 1 aliphatic rings. The molecule has 0 aliphatic heterocycles. The summed E-state index contributed by atoms with van der Waals surface area (Å²) in [7, 11) is 0. The van der Waals surface area contributed by atoms with E-state index in [-0.39, 0.29) is 12.0 Å². The summed E-state index contributed by atoms with van der Waals surface area (Å²) < 4.78 is 6.23. The predicted octanol–water partition coefficient (Wildman–Crippen LogP) is 6.20. The summed E-state index contributed by atoms with van der Waals surface area (Å²) in [6.45, 7) is 2.77. The van der Waals surface area contributed by atoms with Gasteiger partial charge >= 0.3 is 0 Å². The Bertz CT molecular complexity index is 788. The summed E-state index contributed by atoms with van der Waals surface area (Å²) in [5.41, 5.74) is 3.80. The Balaban J connectivity index is 1.55. The van der Waals surface area contributed by atoms with Gasteiger partial charge in [-0.3, -0.25) is 0 Å². The minimum absolute atomic E-state index is 0.0279.